The molecule has 0 spiro atoms. The summed E-state index contributed by atoms with van der Waals surface area (Å²) in [6.45, 7) is 2.17. The van der Waals surface area contributed by atoms with Crippen LogP contribution < -0.4 is 5.73 Å². The van der Waals surface area contributed by atoms with E-state index in [1.54, 1.807) is 0 Å². The van der Waals surface area contributed by atoms with Crippen LogP contribution in [-0.4, -0.2) is 5.75 Å². The van der Waals surface area contributed by atoms with E-state index in [0.29, 0.717) is 0 Å². The number of halogens is 1. The minimum absolute atomic E-state index is 0.765. The molecule has 0 aliphatic carbocycles. The number of thioether (sulfide) groups is 1. The van der Waals surface area contributed by atoms with Crippen molar-refractivity contribution in [3.05, 3.63) is 28.8 Å². The SMILES string of the molecule is CCCSCc1cc(Cl)ccc1N. The minimum Gasteiger partial charge on any atom is -0.398 e. The van der Waals surface area contributed by atoms with Crippen molar-refractivity contribution < 1.29 is 0 Å². The second-order valence-electron chi connectivity index (χ2n) is 2.90. The highest BCUT2D eigenvalue weighted by Gasteiger charge is 1.99. The Morgan fingerprint density at radius 3 is 2.92 bits per heavy atom. The topological polar surface area (TPSA) is 26.0 Å². The van der Waals surface area contributed by atoms with Gasteiger partial charge in [0.1, 0.15) is 0 Å². The number of hydrogen-bond acceptors (Lipinski definition) is 2. The smallest absolute Gasteiger partial charge is 0.0410 e. The molecule has 1 aromatic carbocycles. The Balaban J connectivity index is 2.59. The molecule has 3 heteroatoms. The monoisotopic (exact) mass is 215 g/mol. The Morgan fingerprint density at radius 1 is 1.46 bits per heavy atom. The molecule has 2 N–H and O–H groups in total. The molecule has 13 heavy (non-hydrogen) atoms. The fraction of sp³-hybridized carbons (Fsp3) is 0.400. The van der Waals surface area contributed by atoms with Crippen molar-refractivity contribution in [1.29, 1.82) is 0 Å². The zero-order valence-corrected chi connectivity index (χ0v) is 9.29. The molecule has 0 aliphatic heterocycles. The molecular formula is C10H14ClNS. The van der Waals surface area contributed by atoms with E-state index in [9.17, 15) is 0 Å². The summed E-state index contributed by atoms with van der Waals surface area (Å²) in [5.41, 5.74) is 7.78. The lowest BCUT2D eigenvalue weighted by molar-refractivity contribution is 1.10. The summed E-state index contributed by atoms with van der Waals surface area (Å²) in [5.74, 6) is 2.13. The van der Waals surface area contributed by atoms with E-state index in [1.165, 1.54) is 12.2 Å². The molecule has 0 aromatic heterocycles. The van der Waals surface area contributed by atoms with Gasteiger partial charge in [0, 0.05) is 16.5 Å². The quantitative estimate of drug-likeness (QED) is 0.614. The normalized spacial score (nSPS) is 10.3. The third-order valence-electron chi connectivity index (χ3n) is 1.71. The van der Waals surface area contributed by atoms with Gasteiger partial charge in [-0.1, -0.05) is 18.5 Å². The molecule has 0 saturated heterocycles. The third-order valence-corrected chi connectivity index (χ3v) is 3.16. The predicted octanol–water partition coefficient (Wildman–Crippen LogP) is 3.57. The van der Waals surface area contributed by atoms with Crippen molar-refractivity contribution in [2.45, 2.75) is 19.1 Å². The van der Waals surface area contributed by atoms with E-state index in [-0.39, 0.29) is 0 Å². The molecule has 0 saturated carbocycles. The van der Waals surface area contributed by atoms with Crippen LogP contribution in [0.4, 0.5) is 5.69 Å². The first-order valence-corrected chi connectivity index (χ1v) is 5.89. The largest absolute Gasteiger partial charge is 0.398 e. The molecule has 0 heterocycles. The third kappa shape index (κ3) is 3.49. The summed E-state index contributed by atoms with van der Waals surface area (Å²) in [7, 11) is 0. The number of benzene rings is 1. The van der Waals surface area contributed by atoms with Crippen molar-refractivity contribution in [3.63, 3.8) is 0 Å². The lowest BCUT2D eigenvalue weighted by Gasteiger charge is -2.04. The van der Waals surface area contributed by atoms with Gasteiger partial charge in [-0.05, 0) is 35.9 Å². The Kier molecular flexibility index (Phi) is 4.46. The number of hydrogen-bond donors (Lipinski definition) is 1. The number of nitrogens with two attached hydrogens (primary N) is 1. The first kappa shape index (κ1) is 10.7. The van der Waals surface area contributed by atoms with Crippen LogP contribution in [0.1, 0.15) is 18.9 Å². The van der Waals surface area contributed by atoms with Crippen molar-refractivity contribution >= 4 is 29.1 Å². The van der Waals surface area contributed by atoms with Crippen LogP contribution in [0.2, 0.25) is 5.02 Å². The van der Waals surface area contributed by atoms with Gasteiger partial charge in [-0.3, -0.25) is 0 Å². The lowest BCUT2D eigenvalue weighted by atomic mass is 10.2. The van der Waals surface area contributed by atoms with Crippen LogP contribution in [-0.2, 0) is 5.75 Å². The Labute approximate surface area is 88.7 Å². The highest BCUT2D eigenvalue weighted by atomic mass is 35.5. The summed E-state index contributed by atoms with van der Waals surface area (Å²) in [6.07, 6.45) is 1.20. The maximum Gasteiger partial charge on any atom is 0.0410 e. The molecule has 1 nitrogen and oxygen atoms in total. The first-order valence-electron chi connectivity index (χ1n) is 4.35. The summed E-state index contributed by atoms with van der Waals surface area (Å²) in [6, 6.07) is 5.63. The number of anilines is 1. The maximum absolute atomic E-state index is 5.86. The average Bonchev–Trinajstić information content (AvgIpc) is 2.11. The summed E-state index contributed by atoms with van der Waals surface area (Å²) in [4.78, 5) is 0. The molecule has 0 amide bonds. The minimum atomic E-state index is 0.765. The lowest BCUT2D eigenvalue weighted by Crippen LogP contribution is -1.92. The summed E-state index contributed by atoms with van der Waals surface area (Å²) >= 11 is 7.76. The van der Waals surface area contributed by atoms with Gasteiger partial charge in [-0.2, -0.15) is 11.8 Å². The van der Waals surface area contributed by atoms with Gasteiger partial charge in [0.2, 0.25) is 0 Å². The van der Waals surface area contributed by atoms with E-state index in [2.05, 4.69) is 6.92 Å². The van der Waals surface area contributed by atoms with Crippen molar-refractivity contribution in [3.8, 4) is 0 Å². The maximum atomic E-state index is 5.86. The van der Waals surface area contributed by atoms with Gasteiger partial charge >= 0.3 is 0 Å². The van der Waals surface area contributed by atoms with E-state index < -0.39 is 0 Å². The van der Waals surface area contributed by atoms with Gasteiger partial charge in [-0.25, -0.2) is 0 Å². The fourth-order valence-corrected chi connectivity index (χ4v) is 2.12. The van der Waals surface area contributed by atoms with Crippen LogP contribution >= 0.6 is 23.4 Å². The van der Waals surface area contributed by atoms with Crippen LogP contribution in [0.25, 0.3) is 0 Å². The molecule has 0 fully saturated rings. The van der Waals surface area contributed by atoms with Crippen molar-refractivity contribution in [2.75, 3.05) is 11.5 Å². The van der Waals surface area contributed by atoms with E-state index in [0.717, 1.165) is 22.0 Å². The van der Waals surface area contributed by atoms with Gasteiger partial charge in [-0.15, -0.1) is 0 Å². The molecule has 0 radical (unpaired) electrons. The predicted molar refractivity (Wildman–Crippen MR) is 62.3 cm³/mol. The molecule has 0 unspecified atom stereocenters. The van der Waals surface area contributed by atoms with E-state index in [1.807, 2.05) is 30.0 Å². The fourth-order valence-electron chi connectivity index (χ4n) is 1.03. The van der Waals surface area contributed by atoms with Crippen LogP contribution in [0.3, 0.4) is 0 Å². The highest BCUT2D eigenvalue weighted by molar-refractivity contribution is 7.98. The zero-order valence-electron chi connectivity index (χ0n) is 7.72. The van der Waals surface area contributed by atoms with Crippen LogP contribution in [0.15, 0.2) is 18.2 Å². The van der Waals surface area contributed by atoms with Gasteiger partial charge in [0.15, 0.2) is 0 Å². The average molecular weight is 216 g/mol. The van der Waals surface area contributed by atoms with Crippen LogP contribution in [0, 0.1) is 0 Å². The first-order chi connectivity index (χ1) is 6.24. The zero-order chi connectivity index (χ0) is 9.68. The van der Waals surface area contributed by atoms with Gasteiger partial charge in [0.05, 0.1) is 0 Å². The second kappa shape index (κ2) is 5.40. The molecule has 1 rings (SSSR count). The van der Waals surface area contributed by atoms with E-state index >= 15 is 0 Å². The molecular weight excluding hydrogens is 202 g/mol. The number of nitrogen functional groups attached to an aromatic ring is 1. The van der Waals surface area contributed by atoms with E-state index in [4.69, 9.17) is 17.3 Å². The molecule has 0 aliphatic rings. The molecule has 1 aromatic rings. The summed E-state index contributed by atoms with van der Waals surface area (Å²) < 4.78 is 0. The van der Waals surface area contributed by atoms with Gasteiger partial charge < -0.3 is 5.73 Å². The molecule has 0 bridgehead atoms. The van der Waals surface area contributed by atoms with Crippen molar-refractivity contribution in [2.24, 2.45) is 0 Å². The van der Waals surface area contributed by atoms with Crippen LogP contribution in [0.5, 0.6) is 0 Å². The Morgan fingerprint density at radius 2 is 2.23 bits per heavy atom. The standard InChI is InChI=1S/C10H14ClNS/c1-2-5-13-7-8-6-9(11)3-4-10(8)12/h3-4,6H,2,5,7,12H2,1H3. The summed E-state index contributed by atoms with van der Waals surface area (Å²) in [5, 5.41) is 0.765. The Bertz CT molecular complexity index is 276. The second-order valence-corrected chi connectivity index (χ2v) is 4.44. The molecule has 72 valence electrons. The molecule has 0 atom stereocenters. The number of rotatable bonds is 4. The highest BCUT2D eigenvalue weighted by Crippen LogP contribution is 2.22. The van der Waals surface area contributed by atoms with Gasteiger partial charge in [0.25, 0.3) is 0 Å². The Hall–Kier alpha value is -0.340. The van der Waals surface area contributed by atoms with Crippen molar-refractivity contribution in [1.82, 2.24) is 0 Å².